The Balaban J connectivity index is 1.94. The van der Waals surface area contributed by atoms with Gasteiger partial charge in [0.05, 0.1) is 18.1 Å². The molecule has 2 rings (SSSR count). The van der Waals surface area contributed by atoms with Crippen molar-refractivity contribution in [2.75, 3.05) is 20.2 Å². The van der Waals surface area contributed by atoms with E-state index in [1.807, 2.05) is 58.0 Å². The second-order valence-corrected chi connectivity index (χ2v) is 8.40. The van der Waals surface area contributed by atoms with Crippen LogP contribution in [0.3, 0.4) is 0 Å². The summed E-state index contributed by atoms with van der Waals surface area (Å²) in [6.45, 7) is 8.62. The molecular weight excluding hydrogens is 356 g/mol. The molecule has 1 heterocycles. The smallest absolute Gasteiger partial charge is 0.410 e. The summed E-state index contributed by atoms with van der Waals surface area (Å²) in [6.07, 6.45) is 1.76. The van der Waals surface area contributed by atoms with E-state index in [-0.39, 0.29) is 30.1 Å². The Labute approximate surface area is 168 Å². The molecule has 0 spiro atoms. The van der Waals surface area contributed by atoms with Crippen molar-refractivity contribution in [1.29, 1.82) is 0 Å². The normalized spacial score (nSPS) is 19.2. The molecule has 1 saturated heterocycles. The van der Waals surface area contributed by atoms with Gasteiger partial charge in [0.1, 0.15) is 5.60 Å². The third-order valence-corrected chi connectivity index (χ3v) is 5.04. The number of methoxy groups -OCH3 is 1. The zero-order chi connectivity index (χ0) is 20.7. The molecule has 6 nitrogen and oxygen atoms in total. The third-order valence-electron chi connectivity index (χ3n) is 5.04. The van der Waals surface area contributed by atoms with Crippen LogP contribution in [0.15, 0.2) is 30.3 Å². The van der Waals surface area contributed by atoms with Crippen LogP contribution >= 0.6 is 0 Å². The van der Waals surface area contributed by atoms with Crippen LogP contribution in [0.2, 0.25) is 0 Å². The molecule has 1 fully saturated rings. The molecule has 0 bridgehead atoms. The summed E-state index contributed by atoms with van der Waals surface area (Å²) in [6, 6.07) is 9.90. The monoisotopic (exact) mass is 390 g/mol. The average Bonchev–Trinajstić information content (AvgIpc) is 3.11. The van der Waals surface area contributed by atoms with E-state index in [2.05, 4.69) is 5.32 Å². The van der Waals surface area contributed by atoms with Gasteiger partial charge in [0.25, 0.3) is 0 Å². The van der Waals surface area contributed by atoms with E-state index in [0.717, 1.165) is 19.3 Å². The number of likely N-dealkylation sites (tertiary alicyclic amines) is 1. The van der Waals surface area contributed by atoms with E-state index < -0.39 is 5.60 Å². The molecule has 0 saturated carbocycles. The maximum Gasteiger partial charge on any atom is 0.410 e. The molecule has 156 valence electrons. The van der Waals surface area contributed by atoms with Crippen LogP contribution in [-0.2, 0) is 20.7 Å². The Kier molecular flexibility index (Phi) is 7.87. The SMILES string of the molecule is CO[C@H]([C@@H](C)C(=O)NCCc1ccccc1)[C@@H]1CCCN1C(=O)OC(C)(C)C. The molecular formula is C22H34N2O4. The third kappa shape index (κ3) is 6.23. The van der Waals surface area contributed by atoms with E-state index in [4.69, 9.17) is 9.47 Å². The van der Waals surface area contributed by atoms with Gasteiger partial charge >= 0.3 is 6.09 Å². The minimum Gasteiger partial charge on any atom is -0.444 e. The lowest BCUT2D eigenvalue weighted by Crippen LogP contribution is -2.50. The van der Waals surface area contributed by atoms with Crippen LogP contribution in [0.4, 0.5) is 4.79 Å². The minimum atomic E-state index is -0.548. The van der Waals surface area contributed by atoms with Gasteiger partial charge in [0, 0.05) is 20.2 Å². The zero-order valence-corrected chi connectivity index (χ0v) is 17.7. The van der Waals surface area contributed by atoms with Crippen molar-refractivity contribution >= 4 is 12.0 Å². The molecule has 1 aliphatic rings. The number of hydrogen-bond acceptors (Lipinski definition) is 4. The molecule has 6 heteroatoms. The average molecular weight is 391 g/mol. The predicted octanol–water partition coefficient (Wildman–Crippen LogP) is 3.40. The topological polar surface area (TPSA) is 67.9 Å². The fourth-order valence-electron chi connectivity index (χ4n) is 3.66. The standard InChI is InChI=1S/C22H34N2O4/c1-16(20(25)23-14-13-17-10-7-6-8-11-17)19(27-5)18-12-9-15-24(18)21(26)28-22(2,3)4/h6-8,10-11,16,18-19H,9,12-15H2,1-5H3,(H,23,25)/t16-,18+,19-/m1/s1. The lowest BCUT2D eigenvalue weighted by atomic mass is 9.95. The van der Waals surface area contributed by atoms with Crippen LogP contribution in [0, 0.1) is 5.92 Å². The summed E-state index contributed by atoms with van der Waals surface area (Å²) in [5.41, 5.74) is 0.637. The summed E-state index contributed by atoms with van der Waals surface area (Å²) in [5.74, 6) is -0.423. The number of carbonyl (C=O) groups excluding carboxylic acids is 2. The largest absolute Gasteiger partial charge is 0.444 e. The van der Waals surface area contributed by atoms with E-state index in [1.165, 1.54) is 5.56 Å². The minimum absolute atomic E-state index is 0.0566. The van der Waals surface area contributed by atoms with E-state index in [1.54, 1.807) is 12.0 Å². The maximum atomic E-state index is 12.7. The number of hydrogen-bond donors (Lipinski definition) is 1. The van der Waals surface area contributed by atoms with E-state index in [9.17, 15) is 9.59 Å². The number of carbonyl (C=O) groups is 2. The molecule has 0 aliphatic carbocycles. The lowest BCUT2D eigenvalue weighted by molar-refractivity contribution is -0.130. The number of ether oxygens (including phenoxy) is 2. The van der Waals surface area contributed by atoms with Crippen LogP contribution in [-0.4, -0.2) is 54.8 Å². The first-order chi connectivity index (χ1) is 13.2. The molecule has 1 aromatic carbocycles. The highest BCUT2D eigenvalue weighted by Gasteiger charge is 2.41. The number of nitrogens with zero attached hydrogens (tertiary/aromatic N) is 1. The van der Waals surface area contributed by atoms with Crippen molar-refractivity contribution in [2.24, 2.45) is 5.92 Å². The first kappa shape index (κ1) is 22.2. The first-order valence-electron chi connectivity index (χ1n) is 10.1. The quantitative estimate of drug-likeness (QED) is 0.775. The summed E-state index contributed by atoms with van der Waals surface area (Å²) in [5, 5.41) is 3.00. The van der Waals surface area contributed by atoms with Crippen LogP contribution in [0.1, 0.15) is 46.1 Å². The number of amides is 2. The zero-order valence-electron chi connectivity index (χ0n) is 17.7. The van der Waals surface area contributed by atoms with Gasteiger partial charge in [0.2, 0.25) is 5.91 Å². The fourth-order valence-corrected chi connectivity index (χ4v) is 3.66. The van der Waals surface area contributed by atoms with Gasteiger partial charge < -0.3 is 19.7 Å². The van der Waals surface area contributed by atoms with Crippen molar-refractivity contribution in [2.45, 2.75) is 64.7 Å². The summed E-state index contributed by atoms with van der Waals surface area (Å²) in [4.78, 5) is 26.9. The van der Waals surface area contributed by atoms with Crippen LogP contribution in [0.25, 0.3) is 0 Å². The fraction of sp³-hybridized carbons (Fsp3) is 0.636. The summed E-state index contributed by atoms with van der Waals surface area (Å²) >= 11 is 0. The van der Waals surface area contributed by atoms with Crippen molar-refractivity contribution in [3.05, 3.63) is 35.9 Å². The summed E-state index contributed by atoms with van der Waals surface area (Å²) < 4.78 is 11.2. The molecule has 1 N–H and O–H groups in total. The lowest BCUT2D eigenvalue weighted by Gasteiger charge is -2.34. The Bertz CT molecular complexity index is 642. The number of rotatable bonds is 7. The molecule has 28 heavy (non-hydrogen) atoms. The second kappa shape index (κ2) is 9.92. The molecule has 0 radical (unpaired) electrons. The highest BCUT2D eigenvalue weighted by molar-refractivity contribution is 5.79. The van der Waals surface area contributed by atoms with Gasteiger partial charge in [-0.05, 0) is 45.6 Å². The Morgan fingerprint density at radius 2 is 1.93 bits per heavy atom. The molecule has 1 aromatic rings. The van der Waals surface area contributed by atoms with Gasteiger partial charge in [-0.2, -0.15) is 0 Å². The molecule has 0 unspecified atom stereocenters. The molecule has 0 aromatic heterocycles. The van der Waals surface area contributed by atoms with Crippen molar-refractivity contribution in [1.82, 2.24) is 10.2 Å². The first-order valence-corrected chi connectivity index (χ1v) is 10.1. The highest BCUT2D eigenvalue weighted by Crippen LogP contribution is 2.28. The Morgan fingerprint density at radius 3 is 2.54 bits per heavy atom. The van der Waals surface area contributed by atoms with Crippen molar-refractivity contribution in [3.8, 4) is 0 Å². The van der Waals surface area contributed by atoms with E-state index >= 15 is 0 Å². The number of nitrogens with one attached hydrogen (secondary N) is 1. The van der Waals surface area contributed by atoms with Gasteiger partial charge in [-0.15, -0.1) is 0 Å². The van der Waals surface area contributed by atoms with Crippen LogP contribution < -0.4 is 5.32 Å². The summed E-state index contributed by atoms with van der Waals surface area (Å²) in [7, 11) is 1.60. The van der Waals surface area contributed by atoms with Gasteiger partial charge in [0.15, 0.2) is 0 Å². The highest BCUT2D eigenvalue weighted by atomic mass is 16.6. The van der Waals surface area contributed by atoms with Gasteiger partial charge in [-0.1, -0.05) is 37.3 Å². The Hall–Kier alpha value is -2.08. The van der Waals surface area contributed by atoms with Gasteiger partial charge in [-0.3, -0.25) is 4.79 Å². The number of benzene rings is 1. The second-order valence-electron chi connectivity index (χ2n) is 8.40. The molecule has 3 atom stereocenters. The molecule has 1 aliphatic heterocycles. The van der Waals surface area contributed by atoms with Crippen molar-refractivity contribution < 1.29 is 19.1 Å². The maximum absolute atomic E-state index is 12.7. The van der Waals surface area contributed by atoms with E-state index in [0.29, 0.717) is 13.1 Å². The predicted molar refractivity (Wildman–Crippen MR) is 109 cm³/mol. The molecule has 2 amide bonds. The van der Waals surface area contributed by atoms with Gasteiger partial charge in [-0.25, -0.2) is 4.79 Å². The van der Waals surface area contributed by atoms with Crippen molar-refractivity contribution in [3.63, 3.8) is 0 Å². The van der Waals surface area contributed by atoms with Crippen LogP contribution in [0.5, 0.6) is 0 Å². The Morgan fingerprint density at radius 1 is 1.25 bits per heavy atom.